The molecule has 1 aliphatic rings. The maximum absolute atomic E-state index is 6.25. The first-order chi connectivity index (χ1) is 9.90. The van der Waals surface area contributed by atoms with Gasteiger partial charge in [-0.2, -0.15) is 0 Å². The first kappa shape index (κ1) is 14.2. The van der Waals surface area contributed by atoms with E-state index in [1.165, 1.54) is 12.8 Å². The number of fused-ring (bicyclic) bond motifs is 1. The zero-order valence-corrected chi connectivity index (χ0v) is 13.4. The molecule has 1 fully saturated rings. The molecule has 0 amide bonds. The number of para-hydroxylation sites is 1. The summed E-state index contributed by atoms with van der Waals surface area (Å²) >= 11 is 0. The van der Waals surface area contributed by atoms with Crippen molar-refractivity contribution in [2.24, 2.45) is 5.41 Å². The Balaban J connectivity index is 2.14. The Bertz CT molecular complexity index is 657. The Hall–Kier alpha value is -1.71. The van der Waals surface area contributed by atoms with Crippen LogP contribution in [0.3, 0.4) is 0 Å². The lowest BCUT2D eigenvalue weighted by Crippen LogP contribution is -2.22. The van der Waals surface area contributed by atoms with E-state index in [9.17, 15) is 0 Å². The number of ether oxygens (including phenoxy) is 1. The van der Waals surface area contributed by atoms with Gasteiger partial charge < -0.3 is 15.0 Å². The number of nitrogens with zero attached hydrogens (tertiary/aromatic N) is 2. The molecule has 0 radical (unpaired) electrons. The maximum Gasteiger partial charge on any atom is 0.201 e. The third-order valence-corrected chi connectivity index (χ3v) is 4.59. The third kappa shape index (κ3) is 2.37. The first-order valence-electron chi connectivity index (χ1n) is 7.83. The van der Waals surface area contributed by atoms with Crippen molar-refractivity contribution in [1.82, 2.24) is 9.55 Å². The first-order valence-corrected chi connectivity index (χ1v) is 7.83. The predicted octanol–water partition coefficient (Wildman–Crippen LogP) is 4.16. The van der Waals surface area contributed by atoms with Crippen LogP contribution in [0.5, 0.6) is 5.75 Å². The quantitative estimate of drug-likeness (QED) is 0.922. The van der Waals surface area contributed by atoms with Crippen molar-refractivity contribution in [1.29, 1.82) is 0 Å². The molecule has 1 aliphatic carbocycles. The zero-order valence-electron chi connectivity index (χ0n) is 13.4. The number of aromatic nitrogens is 2. The lowest BCUT2D eigenvalue weighted by atomic mass is 9.87. The molecule has 3 rings (SSSR count). The van der Waals surface area contributed by atoms with Gasteiger partial charge in [0.05, 0.1) is 11.6 Å². The van der Waals surface area contributed by atoms with Crippen LogP contribution in [0.2, 0.25) is 0 Å². The Morgan fingerprint density at radius 1 is 1.38 bits per heavy atom. The van der Waals surface area contributed by atoms with Crippen LogP contribution in [0, 0.1) is 5.41 Å². The molecular formula is C17H25N3O. The van der Waals surface area contributed by atoms with E-state index in [0.29, 0.717) is 12.0 Å². The summed E-state index contributed by atoms with van der Waals surface area (Å²) in [6, 6.07) is 6.51. The summed E-state index contributed by atoms with van der Waals surface area (Å²) in [5, 5.41) is 0. The largest absolute Gasteiger partial charge is 0.489 e. The number of nitrogen functional groups attached to an aromatic ring is 1. The van der Waals surface area contributed by atoms with Gasteiger partial charge >= 0.3 is 0 Å². The summed E-state index contributed by atoms with van der Waals surface area (Å²) in [6.45, 7) is 8.70. The molecule has 1 aromatic heterocycles. The number of benzene rings is 1. The van der Waals surface area contributed by atoms with Crippen LogP contribution in [-0.2, 0) is 0 Å². The van der Waals surface area contributed by atoms with Crippen molar-refractivity contribution >= 4 is 17.0 Å². The molecule has 1 aromatic carbocycles. The van der Waals surface area contributed by atoms with Crippen molar-refractivity contribution < 1.29 is 4.74 Å². The van der Waals surface area contributed by atoms with Crippen molar-refractivity contribution in [3.05, 3.63) is 18.2 Å². The molecule has 0 spiro atoms. The molecule has 1 atom stereocenters. The fraction of sp³-hybridized carbons (Fsp3) is 0.588. The topological polar surface area (TPSA) is 53.1 Å². The third-order valence-electron chi connectivity index (χ3n) is 4.59. The molecular weight excluding hydrogens is 262 g/mol. The van der Waals surface area contributed by atoms with E-state index >= 15 is 0 Å². The minimum absolute atomic E-state index is 0.130. The van der Waals surface area contributed by atoms with Gasteiger partial charge in [0.15, 0.2) is 0 Å². The molecule has 21 heavy (non-hydrogen) atoms. The minimum atomic E-state index is 0.130. The minimum Gasteiger partial charge on any atom is -0.489 e. The number of imidazole rings is 1. The second kappa shape index (κ2) is 4.93. The number of nitrogens with two attached hydrogens (primary N) is 1. The summed E-state index contributed by atoms with van der Waals surface area (Å²) in [7, 11) is 0. The smallest absolute Gasteiger partial charge is 0.201 e. The van der Waals surface area contributed by atoms with Crippen LogP contribution in [0.1, 0.15) is 53.0 Å². The highest BCUT2D eigenvalue weighted by Crippen LogP contribution is 2.48. The van der Waals surface area contributed by atoms with Gasteiger partial charge in [-0.15, -0.1) is 0 Å². The van der Waals surface area contributed by atoms with Crippen LogP contribution in [-0.4, -0.2) is 15.7 Å². The highest BCUT2D eigenvalue weighted by Gasteiger charge is 2.37. The fourth-order valence-corrected chi connectivity index (χ4v) is 3.57. The molecule has 114 valence electrons. The molecule has 1 saturated carbocycles. The molecule has 2 aromatic rings. The highest BCUT2D eigenvalue weighted by atomic mass is 16.5. The van der Waals surface area contributed by atoms with Gasteiger partial charge in [0.2, 0.25) is 5.95 Å². The van der Waals surface area contributed by atoms with Crippen LogP contribution >= 0.6 is 0 Å². The Labute approximate surface area is 126 Å². The summed E-state index contributed by atoms with van der Waals surface area (Å²) in [5.74, 6) is 1.42. The van der Waals surface area contributed by atoms with Gasteiger partial charge in [-0.3, -0.25) is 0 Å². The van der Waals surface area contributed by atoms with E-state index in [-0.39, 0.29) is 11.5 Å². The molecule has 1 heterocycles. The molecule has 0 bridgehead atoms. The van der Waals surface area contributed by atoms with Gasteiger partial charge in [0.25, 0.3) is 0 Å². The molecule has 1 unspecified atom stereocenters. The molecule has 0 aliphatic heterocycles. The van der Waals surface area contributed by atoms with Crippen molar-refractivity contribution in [3.8, 4) is 5.75 Å². The summed E-state index contributed by atoms with van der Waals surface area (Å²) in [6.07, 6.45) is 3.78. The van der Waals surface area contributed by atoms with Gasteiger partial charge in [0.1, 0.15) is 11.3 Å². The fourth-order valence-electron chi connectivity index (χ4n) is 3.57. The SMILES string of the molecule is CC(C)Oc1cccc2c1nc(N)n2C1CCCC1(C)C. The lowest BCUT2D eigenvalue weighted by Gasteiger charge is -2.29. The van der Waals surface area contributed by atoms with E-state index < -0.39 is 0 Å². The van der Waals surface area contributed by atoms with E-state index in [0.717, 1.165) is 23.2 Å². The van der Waals surface area contributed by atoms with E-state index in [1.807, 2.05) is 26.0 Å². The normalized spacial score (nSPS) is 21.3. The van der Waals surface area contributed by atoms with Crippen LogP contribution in [0.4, 0.5) is 5.95 Å². The zero-order chi connectivity index (χ0) is 15.2. The van der Waals surface area contributed by atoms with Crippen molar-refractivity contribution in [2.45, 2.75) is 59.1 Å². The van der Waals surface area contributed by atoms with Crippen molar-refractivity contribution in [2.75, 3.05) is 5.73 Å². The Morgan fingerprint density at radius 3 is 2.76 bits per heavy atom. The predicted molar refractivity (Wildman–Crippen MR) is 86.6 cm³/mol. The average molecular weight is 287 g/mol. The van der Waals surface area contributed by atoms with Gasteiger partial charge in [0, 0.05) is 6.04 Å². The standard InChI is InChI=1S/C17H25N3O/c1-11(2)21-13-8-5-7-12-15(13)19-16(18)20(12)14-9-6-10-17(14,3)4/h5,7-8,11,14H,6,9-10H2,1-4H3,(H2,18,19). The summed E-state index contributed by atoms with van der Waals surface area (Å²) in [4.78, 5) is 4.59. The van der Waals surface area contributed by atoms with Gasteiger partial charge in [-0.05, 0) is 44.2 Å². The number of hydrogen-bond donors (Lipinski definition) is 1. The highest BCUT2D eigenvalue weighted by molar-refractivity contribution is 5.84. The molecule has 0 saturated heterocycles. The number of hydrogen-bond acceptors (Lipinski definition) is 3. The Morgan fingerprint density at radius 2 is 2.14 bits per heavy atom. The van der Waals surface area contributed by atoms with E-state index in [2.05, 4.69) is 29.5 Å². The van der Waals surface area contributed by atoms with Crippen molar-refractivity contribution in [3.63, 3.8) is 0 Å². The maximum atomic E-state index is 6.25. The molecule has 4 heteroatoms. The summed E-state index contributed by atoms with van der Waals surface area (Å²) in [5.41, 5.74) is 8.48. The van der Waals surface area contributed by atoms with Gasteiger partial charge in [-0.25, -0.2) is 4.98 Å². The monoisotopic (exact) mass is 287 g/mol. The van der Waals surface area contributed by atoms with E-state index in [4.69, 9.17) is 10.5 Å². The Kier molecular flexibility index (Phi) is 3.34. The van der Waals surface area contributed by atoms with Crippen LogP contribution < -0.4 is 10.5 Å². The number of anilines is 1. The number of rotatable bonds is 3. The second-order valence-electron chi connectivity index (χ2n) is 7.03. The van der Waals surface area contributed by atoms with Crippen LogP contribution in [0.25, 0.3) is 11.0 Å². The van der Waals surface area contributed by atoms with E-state index in [1.54, 1.807) is 0 Å². The van der Waals surface area contributed by atoms with Gasteiger partial charge in [-0.1, -0.05) is 26.3 Å². The summed E-state index contributed by atoms with van der Waals surface area (Å²) < 4.78 is 8.10. The van der Waals surface area contributed by atoms with Crippen LogP contribution in [0.15, 0.2) is 18.2 Å². The lowest BCUT2D eigenvalue weighted by molar-refractivity contribution is 0.245. The molecule has 4 nitrogen and oxygen atoms in total. The average Bonchev–Trinajstić information content (AvgIpc) is 2.88. The molecule has 2 N–H and O–H groups in total. The second-order valence-corrected chi connectivity index (χ2v) is 7.03.